The summed E-state index contributed by atoms with van der Waals surface area (Å²) in [5, 5.41) is 10.2. The molecule has 1 aromatic heterocycles. The highest BCUT2D eigenvalue weighted by atomic mass is 32.2. The Bertz CT molecular complexity index is 1090. The zero-order valence-corrected chi connectivity index (χ0v) is 21.1. The number of nitrogens with zero attached hydrogens (tertiary/aromatic N) is 2. The highest BCUT2D eigenvalue weighted by Gasteiger charge is 2.36. The first-order valence-electron chi connectivity index (χ1n) is 10.5. The Morgan fingerprint density at radius 2 is 1.39 bits per heavy atom. The van der Waals surface area contributed by atoms with E-state index in [1.54, 1.807) is 38.5 Å². The SMILES string of the molecule is COc1ccc(CN(Cc2ccc(OC)cc2)S(=O)(=O)[C@H](C)[C@@H](O)c2nc(C)c(C)s2)cc1. The highest BCUT2D eigenvalue weighted by Crippen LogP contribution is 2.30. The lowest BCUT2D eigenvalue weighted by Crippen LogP contribution is -2.39. The lowest BCUT2D eigenvalue weighted by molar-refractivity contribution is 0.171. The van der Waals surface area contributed by atoms with E-state index in [4.69, 9.17) is 9.47 Å². The highest BCUT2D eigenvalue weighted by molar-refractivity contribution is 7.89. The number of aromatic nitrogens is 1. The zero-order chi connectivity index (χ0) is 24.2. The maximum atomic E-state index is 13.7. The topological polar surface area (TPSA) is 89.0 Å². The number of ether oxygens (including phenoxy) is 2. The van der Waals surface area contributed by atoms with E-state index in [9.17, 15) is 13.5 Å². The van der Waals surface area contributed by atoms with Gasteiger partial charge in [-0.1, -0.05) is 24.3 Å². The molecule has 7 nitrogen and oxygen atoms in total. The molecule has 9 heteroatoms. The van der Waals surface area contributed by atoms with Crippen LogP contribution in [0.3, 0.4) is 0 Å². The monoisotopic (exact) mass is 490 g/mol. The molecule has 0 bridgehead atoms. The molecule has 1 N–H and O–H groups in total. The van der Waals surface area contributed by atoms with Gasteiger partial charge in [0.1, 0.15) is 27.9 Å². The molecule has 0 saturated carbocycles. The first kappa shape index (κ1) is 25.2. The van der Waals surface area contributed by atoms with Crippen molar-refractivity contribution in [3.8, 4) is 11.5 Å². The smallest absolute Gasteiger partial charge is 0.220 e. The van der Waals surface area contributed by atoms with Crippen molar-refractivity contribution in [1.29, 1.82) is 0 Å². The number of rotatable bonds is 10. The van der Waals surface area contributed by atoms with Crippen molar-refractivity contribution in [3.05, 3.63) is 75.2 Å². The van der Waals surface area contributed by atoms with Gasteiger partial charge < -0.3 is 14.6 Å². The van der Waals surface area contributed by atoms with Gasteiger partial charge in [-0.3, -0.25) is 0 Å². The fraction of sp³-hybridized carbons (Fsp3) is 0.375. The molecule has 2 atom stereocenters. The van der Waals surface area contributed by atoms with Crippen LogP contribution in [0.4, 0.5) is 0 Å². The van der Waals surface area contributed by atoms with Crippen LogP contribution in [-0.2, 0) is 23.1 Å². The first-order chi connectivity index (χ1) is 15.6. The van der Waals surface area contributed by atoms with Crippen LogP contribution in [0.25, 0.3) is 0 Å². The van der Waals surface area contributed by atoms with Crippen molar-refractivity contribution in [3.63, 3.8) is 0 Å². The van der Waals surface area contributed by atoms with Gasteiger partial charge in [-0.15, -0.1) is 11.3 Å². The maximum absolute atomic E-state index is 13.7. The molecule has 0 radical (unpaired) electrons. The first-order valence-corrected chi connectivity index (χ1v) is 12.8. The summed E-state index contributed by atoms with van der Waals surface area (Å²) in [6, 6.07) is 14.5. The summed E-state index contributed by atoms with van der Waals surface area (Å²) in [4.78, 5) is 5.33. The quantitative estimate of drug-likeness (QED) is 0.458. The standard InChI is InChI=1S/C24H30N2O5S2/c1-16-17(2)32-24(25-16)23(27)18(3)33(28,29)26(14-19-6-10-21(30-4)11-7-19)15-20-8-12-22(31-5)13-9-20/h6-13,18,23,27H,14-15H2,1-5H3/t18-,23-/m1/s1. The molecule has 0 fully saturated rings. The summed E-state index contributed by atoms with van der Waals surface area (Å²) < 4.78 is 39.2. The number of aryl methyl sites for hydroxylation is 2. The Kier molecular flexibility index (Phi) is 8.12. The minimum Gasteiger partial charge on any atom is -0.497 e. The summed E-state index contributed by atoms with van der Waals surface area (Å²) in [5.41, 5.74) is 2.43. The number of benzene rings is 2. The normalized spacial score (nSPS) is 13.7. The Balaban J connectivity index is 1.91. The number of aliphatic hydroxyl groups excluding tert-OH is 1. The maximum Gasteiger partial charge on any atom is 0.220 e. The van der Waals surface area contributed by atoms with Gasteiger partial charge in [-0.25, -0.2) is 13.4 Å². The van der Waals surface area contributed by atoms with E-state index in [2.05, 4.69) is 4.98 Å². The molecule has 0 aliphatic rings. The third kappa shape index (κ3) is 5.92. The molecule has 3 aromatic rings. The minimum absolute atomic E-state index is 0.158. The Hall–Kier alpha value is -2.46. The third-order valence-corrected chi connectivity index (χ3v) is 8.93. The number of hydrogen-bond acceptors (Lipinski definition) is 7. The van der Waals surface area contributed by atoms with Crippen LogP contribution < -0.4 is 9.47 Å². The van der Waals surface area contributed by atoms with Crippen LogP contribution in [0.15, 0.2) is 48.5 Å². The molecule has 1 heterocycles. The lowest BCUT2D eigenvalue weighted by Gasteiger charge is -2.28. The number of thiazole rings is 1. The van der Waals surface area contributed by atoms with Crippen LogP contribution >= 0.6 is 11.3 Å². The summed E-state index contributed by atoms with van der Waals surface area (Å²) in [6.45, 7) is 5.60. The van der Waals surface area contributed by atoms with E-state index in [-0.39, 0.29) is 13.1 Å². The molecule has 0 amide bonds. The Morgan fingerprint density at radius 1 is 0.939 bits per heavy atom. The fourth-order valence-electron chi connectivity index (χ4n) is 3.33. The molecular formula is C24H30N2O5S2. The molecular weight excluding hydrogens is 460 g/mol. The third-order valence-electron chi connectivity index (χ3n) is 5.61. The van der Waals surface area contributed by atoms with Crippen LogP contribution in [0.1, 0.15) is 39.7 Å². The second-order valence-electron chi connectivity index (χ2n) is 7.85. The van der Waals surface area contributed by atoms with Crippen molar-refractivity contribution in [2.24, 2.45) is 0 Å². The largest absolute Gasteiger partial charge is 0.497 e. The molecule has 0 saturated heterocycles. The fourth-order valence-corrected chi connectivity index (χ4v) is 6.01. The van der Waals surface area contributed by atoms with Crippen LogP contribution in [0, 0.1) is 13.8 Å². The minimum atomic E-state index is -3.89. The van der Waals surface area contributed by atoms with Gasteiger partial charge >= 0.3 is 0 Å². The average molecular weight is 491 g/mol. The summed E-state index contributed by atoms with van der Waals surface area (Å²) in [7, 11) is -0.725. The molecule has 0 unspecified atom stereocenters. The molecule has 3 rings (SSSR count). The van der Waals surface area contributed by atoms with E-state index in [0.29, 0.717) is 16.5 Å². The number of sulfonamides is 1. The van der Waals surface area contributed by atoms with Crippen molar-refractivity contribution in [2.45, 2.75) is 45.2 Å². The van der Waals surface area contributed by atoms with Gasteiger partial charge in [-0.2, -0.15) is 4.31 Å². The molecule has 0 aliphatic heterocycles. The number of methoxy groups -OCH3 is 2. The van der Waals surface area contributed by atoms with Crippen LogP contribution in [0.2, 0.25) is 0 Å². The van der Waals surface area contributed by atoms with Gasteiger partial charge in [0.25, 0.3) is 0 Å². The second kappa shape index (κ2) is 10.6. The molecule has 2 aromatic carbocycles. The predicted molar refractivity (Wildman–Crippen MR) is 130 cm³/mol. The Morgan fingerprint density at radius 3 is 1.76 bits per heavy atom. The van der Waals surface area contributed by atoms with E-state index in [1.165, 1.54) is 22.6 Å². The van der Waals surface area contributed by atoms with E-state index < -0.39 is 21.4 Å². The predicted octanol–water partition coefficient (Wildman–Crippen LogP) is 4.23. The van der Waals surface area contributed by atoms with Crippen LogP contribution in [0.5, 0.6) is 11.5 Å². The zero-order valence-electron chi connectivity index (χ0n) is 19.5. The van der Waals surface area contributed by atoms with Gasteiger partial charge in [0, 0.05) is 18.0 Å². The van der Waals surface area contributed by atoms with Crippen molar-refractivity contribution < 1.29 is 23.0 Å². The Labute approximate surface area is 199 Å². The van der Waals surface area contributed by atoms with Gasteiger partial charge in [-0.05, 0) is 56.2 Å². The van der Waals surface area contributed by atoms with Gasteiger partial charge in [0.05, 0.1) is 19.9 Å². The summed E-state index contributed by atoms with van der Waals surface area (Å²) >= 11 is 1.32. The van der Waals surface area contributed by atoms with E-state index >= 15 is 0 Å². The van der Waals surface area contributed by atoms with Crippen molar-refractivity contribution in [1.82, 2.24) is 9.29 Å². The van der Waals surface area contributed by atoms with Crippen LogP contribution in [-0.4, -0.2) is 42.3 Å². The molecule has 178 valence electrons. The van der Waals surface area contributed by atoms with E-state index in [1.807, 2.05) is 38.1 Å². The molecule has 0 aliphatic carbocycles. The van der Waals surface area contributed by atoms with Gasteiger partial charge in [0.15, 0.2) is 0 Å². The number of aliphatic hydroxyl groups is 1. The second-order valence-corrected chi connectivity index (χ2v) is 11.4. The van der Waals surface area contributed by atoms with Gasteiger partial charge in [0.2, 0.25) is 10.0 Å². The van der Waals surface area contributed by atoms with Crippen molar-refractivity contribution in [2.75, 3.05) is 14.2 Å². The van der Waals surface area contributed by atoms with E-state index in [0.717, 1.165) is 21.7 Å². The molecule has 0 spiro atoms. The lowest BCUT2D eigenvalue weighted by atomic mass is 10.2. The summed E-state index contributed by atoms with van der Waals surface area (Å²) in [6.07, 6.45) is -1.22. The summed E-state index contributed by atoms with van der Waals surface area (Å²) in [5.74, 6) is 1.39. The number of hydrogen-bond donors (Lipinski definition) is 1. The van der Waals surface area contributed by atoms with Crippen molar-refractivity contribution >= 4 is 21.4 Å². The average Bonchev–Trinajstić information content (AvgIpc) is 3.16. The molecule has 33 heavy (non-hydrogen) atoms.